The number of furan rings is 1. The largest absolute Gasteiger partial charge is 0.472 e. The van der Waals surface area contributed by atoms with Gasteiger partial charge in [0.05, 0.1) is 18.1 Å². The molecule has 1 fully saturated rings. The molecule has 1 saturated heterocycles. The predicted octanol–water partition coefficient (Wildman–Crippen LogP) is 1.35. The summed E-state index contributed by atoms with van der Waals surface area (Å²) < 4.78 is 16.1. The molecule has 0 aliphatic carbocycles. The maximum Gasteiger partial charge on any atom is 0.0935 e. The van der Waals surface area contributed by atoms with Gasteiger partial charge in [-0.25, -0.2) is 0 Å². The summed E-state index contributed by atoms with van der Waals surface area (Å²) in [7, 11) is 1.74. The van der Waals surface area contributed by atoms with Gasteiger partial charge in [0.25, 0.3) is 0 Å². The zero-order chi connectivity index (χ0) is 11.4. The van der Waals surface area contributed by atoms with E-state index in [0.717, 1.165) is 38.0 Å². The van der Waals surface area contributed by atoms with Crippen molar-refractivity contribution in [2.45, 2.75) is 30.9 Å². The van der Waals surface area contributed by atoms with Gasteiger partial charge < -0.3 is 19.6 Å². The van der Waals surface area contributed by atoms with Gasteiger partial charge in [-0.1, -0.05) is 0 Å². The van der Waals surface area contributed by atoms with E-state index in [1.807, 2.05) is 6.07 Å². The quantitative estimate of drug-likeness (QED) is 0.840. The predicted molar refractivity (Wildman–Crippen MR) is 60.2 cm³/mol. The Kier molecular flexibility index (Phi) is 3.63. The van der Waals surface area contributed by atoms with Crippen molar-refractivity contribution in [2.75, 3.05) is 20.3 Å². The Bertz CT molecular complexity index is 304. The molecular formula is C12H19NO3. The van der Waals surface area contributed by atoms with Crippen molar-refractivity contribution >= 4 is 0 Å². The molecule has 0 aromatic carbocycles. The Labute approximate surface area is 95.7 Å². The fourth-order valence-corrected chi connectivity index (χ4v) is 2.29. The van der Waals surface area contributed by atoms with Crippen LogP contribution in [0.1, 0.15) is 18.4 Å². The maximum atomic E-state index is 6.26. The molecule has 4 heteroatoms. The number of hydrogen-bond donors (Lipinski definition) is 1. The average molecular weight is 225 g/mol. The van der Waals surface area contributed by atoms with Gasteiger partial charge in [0.1, 0.15) is 0 Å². The van der Waals surface area contributed by atoms with Crippen LogP contribution in [0.5, 0.6) is 0 Å². The van der Waals surface area contributed by atoms with E-state index >= 15 is 0 Å². The molecule has 0 spiro atoms. The molecule has 0 amide bonds. The van der Waals surface area contributed by atoms with Gasteiger partial charge in [-0.2, -0.15) is 0 Å². The number of methoxy groups -OCH3 is 1. The zero-order valence-electron chi connectivity index (χ0n) is 9.65. The van der Waals surface area contributed by atoms with Crippen LogP contribution in [0, 0.1) is 0 Å². The monoisotopic (exact) mass is 225 g/mol. The molecule has 2 N–H and O–H groups in total. The van der Waals surface area contributed by atoms with Crippen molar-refractivity contribution in [3.8, 4) is 0 Å². The lowest BCUT2D eigenvalue weighted by atomic mass is 9.83. The highest BCUT2D eigenvalue weighted by Gasteiger charge is 2.38. The summed E-state index contributed by atoms with van der Waals surface area (Å²) in [4.78, 5) is 0. The van der Waals surface area contributed by atoms with E-state index in [2.05, 4.69) is 0 Å². The number of rotatable bonds is 4. The van der Waals surface area contributed by atoms with Crippen molar-refractivity contribution in [1.29, 1.82) is 0 Å². The molecule has 1 aliphatic heterocycles. The molecule has 1 unspecified atom stereocenters. The van der Waals surface area contributed by atoms with Crippen LogP contribution in [0.25, 0.3) is 0 Å². The molecule has 16 heavy (non-hydrogen) atoms. The summed E-state index contributed by atoms with van der Waals surface area (Å²) in [6.07, 6.45) is 5.92. The zero-order valence-corrected chi connectivity index (χ0v) is 9.65. The third-order valence-corrected chi connectivity index (χ3v) is 3.46. The summed E-state index contributed by atoms with van der Waals surface area (Å²) in [6, 6.07) is 1.93. The van der Waals surface area contributed by atoms with Crippen LogP contribution in [0.3, 0.4) is 0 Å². The maximum absolute atomic E-state index is 6.26. The van der Waals surface area contributed by atoms with E-state index in [-0.39, 0.29) is 11.6 Å². The lowest BCUT2D eigenvalue weighted by Crippen LogP contribution is -2.53. The molecular weight excluding hydrogens is 206 g/mol. The standard InChI is InChI=1S/C12H19NO3/c1-14-12(3-6-15-7-4-12)11(13)8-10-2-5-16-9-10/h2,5,9,11H,3-4,6-8,13H2,1H3. The van der Waals surface area contributed by atoms with Crippen molar-refractivity contribution in [3.05, 3.63) is 24.2 Å². The van der Waals surface area contributed by atoms with E-state index in [4.69, 9.17) is 19.6 Å². The van der Waals surface area contributed by atoms with Crippen LogP contribution in [-0.2, 0) is 15.9 Å². The highest BCUT2D eigenvalue weighted by atomic mass is 16.5. The van der Waals surface area contributed by atoms with Gasteiger partial charge in [0.2, 0.25) is 0 Å². The van der Waals surface area contributed by atoms with E-state index in [1.54, 1.807) is 19.6 Å². The van der Waals surface area contributed by atoms with Gasteiger partial charge in [0.15, 0.2) is 0 Å². The summed E-state index contributed by atoms with van der Waals surface area (Å²) in [5.41, 5.74) is 7.14. The SMILES string of the molecule is COC1(C(N)Cc2ccoc2)CCOCC1. The van der Waals surface area contributed by atoms with Crippen LogP contribution >= 0.6 is 0 Å². The second kappa shape index (κ2) is 4.99. The van der Waals surface area contributed by atoms with Gasteiger partial charge in [0, 0.05) is 39.2 Å². The first-order chi connectivity index (χ1) is 7.77. The molecule has 0 bridgehead atoms. The molecule has 2 heterocycles. The highest BCUT2D eigenvalue weighted by molar-refractivity contribution is 5.10. The molecule has 0 radical (unpaired) electrons. The molecule has 90 valence electrons. The minimum Gasteiger partial charge on any atom is -0.472 e. The second-order valence-electron chi connectivity index (χ2n) is 4.32. The Morgan fingerprint density at radius 2 is 2.25 bits per heavy atom. The van der Waals surface area contributed by atoms with Gasteiger partial charge in [-0.3, -0.25) is 0 Å². The van der Waals surface area contributed by atoms with Gasteiger partial charge >= 0.3 is 0 Å². The van der Waals surface area contributed by atoms with Crippen LogP contribution in [0.15, 0.2) is 23.0 Å². The third kappa shape index (κ3) is 2.29. The van der Waals surface area contributed by atoms with Gasteiger partial charge in [-0.15, -0.1) is 0 Å². The molecule has 0 saturated carbocycles. The van der Waals surface area contributed by atoms with E-state index < -0.39 is 0 Å². The lowest BCUT2D eigenvalue weighted by molar-refractivity contribution is -0.103. The Balaban J connectivity index is 2.02. The first-order valence-corrected chi connectivity index (χ1v) is 5.66. The molecule has 1 aromatic heterocycles. The molecule has 1 atom stereocenters. The third-order valence-electron chi connectivity index (χ3n) is 3.46. The molecule has 2 rings (SSSR count). The molecule has 4 nitrogen and oxygen atoms in total. The topological polar surface area (TPSA) is 57.6 Å². The number of hydrogen-bond acceptors (Lipinski definition) is 4. The van der Waals surface area contributed by atoms with E-state index in [1.165, 1.54) is 0 Å². The average Bonchev–Trinajstić information content (AvgIpc) is 2.82. The van der Waals surface area contributed by atoms with Crippen LogP contribution in [-0.4, -0.2) is 32.0 Å². The van der Waals surface area contributed by atoms with Crippen molar-refractivity contribution in [3.63, 3.8) is 0 Å². The first-order valence-electron chi connectivity index (χ1n) is 5.66. The van der Waals surface area contributed by atoms with Crippen LogP contribution in [0.4, 0.5) is 0 Å². The number of ether oxygens (including phenoxy) is 2. The second-order valence-corrected chi connectivity index (χ2v) is 4.32. The summed E-state index contributed by atoms with van der Waals surface area (Å²) in [5, 5.41) is 0. The van der Waals surface area contributed by atoms with E-state index in [0.29, 0.717) is 0 Å². The molecule has 1 aromatic rings. The van der Waals surface area contributed by atoms with Crippen LogP contribution in [0.2, 0.25) is 0 Å². The van der Waals surface area contributed by atoms with Crippen molar-refractivity contribution in [1.82, 2.24) is 0 Å². The normalized spacial score (nSPS) is 21.9. The smallest absolute Gasteiger partial charge is 0.0935 e. The van der Waals surface area contributed by atoms with Crippen molar-refractivity contribution < 1.29 is 13.9 Å². The Morgan fingerprint density at radius 1 is 1.50 bits per heavy atom. The number of nitrogens with two attached hydrogens (primary N) is 1. The summed E-state index contributed by atoms with van der Waals surface area (Å²) >= 11 is 0. The molecule has 1 aliphatic rings. The Hall–Kier alpha value is -0.840. The van der Waals surface area contributed by atoms with Gasteiger partial charge in [-0.05, 0) is 18.1 Å². The van der Waals surface area contributed by atoms with Crippen LogP contribution < -0.4 is 5.73 Å². The highest BCUT2D eigenvalue weighted by Crippen LogP contribution is 2.28. The summed E-state index contributed by atoms with van der Waals surface area (Å²) in [5.74, 6) is 0. The Morgan fingerprint density at radius 3 is 2.81 bits per heavy atom. The fraction of sp³-hybridized carbons (Fsp3) is 0.667. The minimum atomic E-state index is -0.241. The van der Waals surface area contributed by atoms with Crippen molar-refractivity contribution in [2.24, 2.45) is 5.73 Å². The van der Waals surface area contributed by atoms with E-state index in [9.17, 15) is 0 Å². The first kappa shape index (κ1) is 11.6. The summed E-state index contributed by atoms with van der Waals surface area (Å²) in [6.45, 7) is 1.46. The minimum absolute atomic E-state index is 0.0148. The lowest BCUT2D eigenvalue weighted by Gasteiger charge is -2.40. The fourth-order valence-electron chi connectivity index (χ4n) is 2.29.